The fourth-order valence-electron chi connectivity index (χ4n) is 2.32. The zero-order chi connectivity index (χ0) is 13.7. The van der Waals surface area contributed by atoms with Gasteiger partial charge in [-0.05, 0) is 42.5 Å². The minimum absolute atomic E-state index is 0.0575. The Bertz CT molecular complexity index is 540. The third-order valence-electron chi connectivity index (χ3n) is 3.46. The van der Waals surface area contributed by atoms with Gasteiger partial charge in [0, 0.05) is 5.92 Å². The van der Waals surface area contributed by atoms with Crippen LogP contribution in [-0.4, -0.2) is 23.9 Å². The standard InChI is InChI=1S/C15H16N2O2/c1-19-14-8-6-12(7-9-14)11-2-4-13(5-3-11)15(18)10-17-16/h2,6-10,13H,3-5H2,1H3. The van der Waals surface area contributed by atoms with Crippen molar-refractivity contribution in [2.75, 3.05) is 7.11 Å². The Morgan fingerprint density at radius 1 is 1.42 bits per heavy atom. The fourth-order valence-corrected chi connectivity index (χ4v) is 2.32. The van der Waals surface area contributed by atoms with E-state index in [4.69, 9.17) is 10.3 Å². The first-order valence-corrected chi connectivity index (χ1v) is 6.29. The molecular weight excluding hydrogens is 240 g/mol. The Hall–Kier alpha value is -2.19. The molecule has 19 heavy (non-hydrogen) atoms. The van der Waals surface area contributed by atoms with Gasteiger partial charge in [-0.25, -0.2) is 0 Å². The number of carbonyl (C=O) groups is 1. The van der Waals surface area contributed by atoms with E-state index in [2.05, 4.69) is 10.9 Å². The molecule has 4 nitrogen and oxygen atoms in total. The normalized spacial score (nSPS) is 18.2. The smallest absolute Gasteiger partial charge is 0.323 e. The van der Waals surface area contributed by atoms with Crippen LogP contribution in [0.4, 0.5) is 0 Å². The molecule has 2 rings (SSSR count). The van der Waals surface area contributed by atoms with Crippen LogP contribution in [0.3, 0.4) is 0 Å². The van der Waals surface area contributed by atoms with Gasteiger partial charge in [-0.2, -0.15) is 4.79 Å². The second-order valence-electron chi connectivity index (χ2n) is 4.58. The van der Waals surface area contributed by atoms with E-state index < -0.39 is 0 Å². The molecule has 0 spiro atoms. The van der Waals surface area contributed by atoms with E-state index in [0.29, 0.717) is 6.42 Å². The summed E-state index contributed by atoms with van der Waals surface area (Å²) in [6, 6.07) is 7.93. The highest BCUT2D eigenvalue weighted by Crippen LogP contribution is 2.31. The fraction of sp³-hybridized carbons (Fsp3) is 0.333. The van der Waals surface area contributed by atoms with Crippen LogP contribution in [0.15, 0.2) is 30.3 Å². The van der Waals surface area contributed by atoms with Gasteiger partial charge in [0.25, 0.3) is 0 Å². The zero-order valence-electron chi connectivity index (χ0n) is 10.9. The number of Topliss-reactive ketones (excluding diaryl/α,β-unsaturated/α-hetero) is 1. The lowest BCUT2D eigenvalue weighted by atomic mass is 9.84. The molecule has 1 aliphatic carbocycles. The lowest BCUT2D eigenvalue weighted by molar-refractivity contribution is -0.119. The van der Waals surface area contributed by atoms with Crippen molar-refractivity contribution in [1.82, 2.24) is 0 Å². The summed E-state index contributed by atoms with van der Waals surface area (Å²) in [6.07, 6.45) is 5.45. The maximum Gasteiger partial charge on any atom is 0.323 e. The number of methoxy groups -OCH3 is 1. The Labute approximate surface area is 112 Å². The summed E-state index contributed by atoms with van der Waals surface area (Å²) < 4.78 is 5.13. The molecule has 0 aliphatic heterocycles. The second kappa shape index (κ2) is 6.12. The SMILES string of the molecule is COc1ccc(C2=CCC(C(=O)C=[N+]=[N-])CC2)cc1. The van der Waals surface area contributed by atoms with Crippen molar-refractivity contribution >= 4 is 17.6 Å². The van der Waals surface area contributed by atoms with Gasteiger partial charge in [0.2, 0.25) is 5.78 Å². The minimum Gasteiger partial charge on any atom is -0.497 e. The Morgan fingerprint density at radius 2 is 2.16 bits per heavy atom. The van der Waals surface area contributed by atoms with Crippen molar-refractivity contribution in [3.63, 3.8) is 0 Å². The van der Waals surface area contributed by atoms with Gasteiger partial charge >= 0.3 is 6.21 Å². The maximum absolute atomic E-state index is 11.6. The number of allylic oxidation sites excluding steroid dienone is 2. The molecule has 98 valence electrons. The second-order valence-corrected chi connectivity index (χ2v) is 4.58. The number of carbonyl (C=O) groups excluding carboxylic acids is 1. The zero-order valence-corrected chi connectivity index (χ0v) is 10.9. The maximum atomic E-state index is 11.6. The van der Waals surface area contributed by atoms with Gasteiger partial charge in [-0.3, -0.25) is 4.79 Å². The van der Waals surface area contributed by atoms with Crippen LogP contribution in [0.1, 0.15) is 24.8 Å². The number of hydrogen-bond donors (Lipinski definition) is 0. The van der Waals surface area contributed by atoms with Crippen molar-refractivity contribution < 1.29 is 14.3 Å². The van der Waals surface area contributed by atoms with E-state index in [1.54, 1.807) is 7.11 Å². The summed E-state index contributed by atoms with van der Waals surface area (Å²) in [4.78, 5) is 14.4. The summed E-state index contributed by atoms with van der Waals surface area (Å²) in [5.74, 6) is 0.679. The van der Waals surface area contributed by atoms with Gasteiger partial charge < -0.3 is 10.3 Å². The number of ketones is 1. The summed E-state index contributed by atoms with van der Waals surface area (Å²) in [7, 11) is 1.65. The average molecular weight is 256 g/mol. The first-order valence-electron chi connectivity index (χ1n) is 6.29. The van der Waals surface area contributed by atoms with Crippen molar-refractivity contribution in [3.8, 4) is 5.75 Å². The molecule has 1 aromatic carbocycles. The Morgan fingerprint density at radius 3 is 2.68 bits per heavy atom. The van der Waals surface area contributed by atoms with Crippen LogP contribution >= 0.6 is 0 Å². The van der Waals surface area contributed by atoms with Crippen molar-refractivity contribution in [2.45, 2.75) is 19.3 Å². The first kappa shape index (κ1) is 13.2. The van der Waals surface area contributed by atoms with Gasteiger partial charge in [-0.1, -0.05) is 18.2 Å². The van der Waals surface area contributed by atoms with E-state index in [0.717, 1.165) is 24.8 Å². The average Bonchev–Trinajstić information content (AvgIpc) is 2.48. The summed E-state index contributed by atoms with van der Waals surface area (Å²) in [5.41, 5.74) is 10.8. The number of hydrogen-bond acceptors (Lipinski definition) is 2. The quantitative estimate of drug-likeness (QED) is 0.472. The molecule has 0 saturated heterocycles. The highest BCUT2D eigenvalue weighted by Gasteiger charge is 2.22. The van der Waals surface area contributed by atoms with Gasteiger partial charge in [-0.15, -0.1) is 0 Å². The predicted molar refractivity (Wildman–Crippen MR) is 73.0 cm³/mol. The topological polar surface area (TPSA) is 62.7 Å². The summed E-state index contributed by atoms with van der Waals surface area (Å²) in [6.45, 7) is 0. The predicted octanol–water partition coefficient (Wildman–Crippen LogP) is 2.75. The molecule has 1 atom stereocenters. The van der Waals surface area contributed by atoms with Crippen LogP contribution in [0.25, 0.3) is 11.1 Å². The molecule has 1 aromatic rings. The lowest BCUT2D eigenvalue weighted by Gasteiger charge is -2.19. The highest BCUT2D eigenvalue weighted by atomic mass is 16.5. The van der Waals surface area contributed by atoms with Crippen LogP contribution in [0.5, 0.6) is 5.75 Å². The third-order valence-corrected chi connectivity index (χ3v) is 3.46. The lowest BCUT2D eigenvalue weighted by Crippen LogP contribution is -2.18. The van der Waals surface area contributed by atoms with Crippen LogP contribution < -0.4 is 4.74 Å². The Balaban J connectivity index is 2.07. The largest absolute Gasteiger partial charge is 0.497 e. The van der Waals surface area contributed by atoms with Gasteiger partial charge in [0.15, 0.2) is 0 Å². The van der Waals surface area contributed by atoms with Crippen LogP contribution in [-0.2, 0) is 4.79 Å². The number of benzene rings is 1. The molecule has 0 bridgehead atoms. The van der Waals surface area contributed by atoms with Crippen LogP contribution in [0, 0.1) is 5.92 Å². The van der Waals surface area contributed by atoms with E-state index in [-0.39, 0.29) is 11.7 Å². The first-order chi connectivity index (χ1) is 9.24. The monoisotopic (exact) mass is 256 g/mol. The van der Waals surface area contributed by atoms with Gasteiger partial charge in [0.05, 0.1) is 7.11 Å². The molecule has 4 heteroatoms. The van der Waals surface area contributed by atoms with E-state index in [1.165, 1.54) is 11.1 Å². The molecule has 1 aliphatic rings. The van der Waals surface area contributed by atoms with E-state index in [1.807, 2.05) is 24.3 Å². The molecule has 1 unspecified atom stereocenters. The number of nitrogens with zero attached hydrogens (tertiary/aromatic N) is 2. The van der Waals surface area contributed by atoms with Crippen LogP contribution in [0.2, 0.25) is 0 Å². The van der Waals surface area contributed by atoms with E-state index in [9.17, 15) is 4.79 Å². The molecule has 0 radical (unpaired) electrons. The molecule has 0 amide bonds. The van der Waals surface area contributed by atoms with Crippen molar-refractivity contribution in [2.24, 2.45) is 5.92 Å². The molecule has 0 N–H and O–H groups in total. The molecule has 0 aromatic heterocycles. The number of rotatable bonds is 4. The molecule has 0 heterocycles. The number of ether oxygens (including phenoxy) is 1. The minimum atomic E-state index is -0.104. The third kappa shape index (κ3) is 3.18. The Kier molecular flexibility index (Phi) is 4.26. The summed E-state index contributed by atoms with van der Waals surface area (Å²) >= 11 is 0. The molecule has 0 saturated carbocycles. The summed E-state index contributed by atoms with van der Waals surface area (Å²) in [5, 5.41) is 0. The van der Waals surface area contributed by atoms with E-state index >= 15 is 0 Å². The molecule has 0 fully saturated rings. The van der Waals surface area contributed by atoms with Crippen molar-refractivity contribution in [1.29, 1.82) is 0 Å². The molecular formula is C15H16N2O2. The highest BCUT2D eigenvalue weighted by molar-refractivity contribution is 6.26. The van der Waals surface area contributed by atoms with Gasteiger partial charge in [0.1, 0.15) is 5.75 Å². The van der Waals surface area contributed by atoms with Crippen molar-refractivity contribution in [3.05, 3.63) is 41.4 Å².